The van der Waals surface area contributed by atoms with Gasteiger partial charge in [-0.15, -0.1) is 0 Å². The number of aryl methyl sites for hydroxylation is 1. The molecule has 0 fully saturated rings. The van der Waals surface area contributed by atoms with Gasteiger partial charge in [0.25, 0.3) is 0 Å². The van der Waals surface area contributed by atoms with Gasteiger partial charge in [0.05, 0.1) is 29.0 Å². The Morgan fingerprint density at radius 1 is 1.22 bits per heavy atom. The largest absolute Gasteiger partial charge is 0.341 e. The molecule has 0 N–H and O–H groups in total. The summed E-state index contributed by atoms with van der Waals surface area (Å²) in [5.41, 5.74) is 4.90. The lowest BCUT2D eigenvalue weighted by molar-refractivity contribution is -0.131. The van der Waals surface area contributed by atoms with Crippen LogP contribution >= 0.6 is 11.7 Å². The third kappa shape index (κ3) is 3.90. The van der Waals surface area contributed by atoms with Crippen LogP contribution in [0.1, 0.15) is 53.6 Å². The van der Waals surface area contributed by atoms with E-state index in [1.165, 1.54) is 11.7 Å². The molecule has 0 saturated heterocycles. The molecule has 3 rings (SSSR count). The van der Waals surface area contributed by atoms with E-state index in [1.807, 2.05) is 39.0 Å². The summed E-state index contributed by atoms with van der Waals surface area (Å²) < 4.78 is 10.2. The molecule has 1 aromatic carbocycles. The zero-order chi connectivity index (χ0) is 19.7. The highest BCUT2D eigenvalue weighted by atomic mass is 32.1. The van der Waals surface area contributed by atoms with Crippen LogP contribution in [0.25, 0.3) is 11.0 Å². The topological polar surface area (TPSA) is 81.0 Å². The van der Waals surface area contributed by atoms with Crippen LogP contribution in [0, 0.1) is 13.8 Å². The summed E-state index contributed by atoms with van der Waals surface area (Å²) in [6, 6.07) is 5.73. The lowest BCUT2D eigenvalue weighted by Gasteiger charge is -2.21. The summed E-state index contributed by atoms with van der Waals surface area (Å²) in [6.45, 7) is 7.69. The molecular formula is C19H23N5O2S. The number of benzene rings is 1. The maximum Gasteiger partial charge on any atom is 0.224 e. The van der Waals surface area contributed by atoms with Crippen molar-refractivity contribution >= 4 is 34.5 Å². The van der Waals surface area contributed by atoms with Crippen molar-refractivity contribution in [1.82, 2.24) is 23.4 Å². The highest BCUT2D eigenvalue weighted by Gasteiger charge is 2.21. The van der Waals surface area contributed by atoms with Gasteiger partial charge in [-0.1, -0.05) is 6.07 Å². The fourth-order valence-corrected chi connectivity index (χ4v) is 3.90. The van der Waals surface area contributed by atoms with Crippen molar-refractivity contribution in [2.45, 2.75) is 46.7 Å². The minimum Gasteiger partial charge on any atom is -0.341 e. The Bertz CT molecular complexity index is 1010. The van der Waals surface area contributed by atoms with Gasteiger partial charge < -0.3 is 4.90 Å². The molecular weight excluding hydrogens is 362 g/mol. The van der Waals surface area contributed by atoms with E-state index < -0.39 is 0 Å². The minimum atomic E-state index is -0.128. The molecule has 3 aromatic rings. The third-order valence-electron chi connectivity index (χ3n) is 4.73. The zero-order valence-electron chi connectivity index (χ0n) is 16.2. The second kappa shape index (κ2) is 7.56. The molecule has 1 unspecified atom stereocenters. The molecule has 0 aliphatic heterocycles. The first kappa shape index (κ1) is 19.2. The maximum absolute atomic E-state index is 12.7. The normalized spacial score (nSPS) is 12.3. The average molecular weight is 385 g/mol. The average Bonchev–Trinajstić information content (AvgIpc) is 3.18. The van der Waals surface area contributed by atoms with Gasteiger partial charge in [-0.3, -0.25) is 14.3 Å². The summed E-state index contributed by atoms with van der Waals surface area (Å²) in [6.07, 6.45) is 0.316. The van der Waals surface area contributed by atoms with Gasteiger partial charge in [-0.2, -0.15) is 13.8 Å². The molecule has 1 amide bonds. The van der Waals surface area contributed by atoms with Crippen molar-refractivity contribution in [1.29, 1.82) is 0 Å². The number of carbonyl (C=O) groups excluding carboxylic acids is 2. The number of hydrogen-bond acceptors (Lipinski definition) is 6. The number of rotatable bonds is 6. The zero-order valence-corrected chi connectivity index (χ0v) is 17.0. The van der Waals surface area contributed by atoms with Crippen molar-refractivity contribution in [2.75, 3.05) is 7.05 Å². The number of fused-ring (bicyclic) bond motifs is 1. The molecule has 142 valence electrons. The Kier molecular flexibility index (Phi) is 5.36. The molecule has 0 spiro atoms. The van der Waals surface area contributed by atoms with E-state index in [2.05, 4.69) is 13.8 Å². The van der Waals surface area contributed by atoms with Gasteiger partial charge in [0.2, 0.25) is 5.91 Å². The second-order valence-electron chi connectivity index (χ2n) is 6.94. The van der Waals surface area contributed by atoms with Gasteiger partial charge in [0.15, 0.2) is 5.78 Å². The monoisotopic (exact) mass is 385 g/mol. The van der Waals surface area contributed by atoms with Crippen LogP contribution in [0.15, 0.2) is 18.2 Å². The first-order valence-electron chi connectivity index (χ1n) is 8.79. The van der Waals surface area contributed by atoms with Crippen molar-refractivity contribution in [3.63, 3.8) is 0 Å². The van der Waals surface area contributed by atoms with Crippen LogP contribution in [0.4, 0.5) is 0 Å². The standard InChI is InChI=1S/C19H23N5O2S/c1-11(24-13(3)19(14(4)25)12(2)20-24)8-18(26)23(5)10-15-6-7-16-17(9-15)22-27-21-16/h6-7,9,11H,8,10H2,1-5H3. The Balaban J connectivity index is 1.68. The number of carbonyl (C=O) groups is 2. The summed E-state index contributed by atoms with van der Waals surface area (Å²) in [5.74, 6) is 0.0229. The second-order valence-corrected chi connectivity index (χ2v) is 7.47. The van der Waals surface area contributed by atoms with Crippen molar-refractivity contribution in [2.24, 2.45) is 0 Å². The van der Waals surface area contributed by atoms with Gasteiger partial charge in [-0.25, -0.2) is 0 Å². The summed E-state index contributed by atoms with van der Waals surface area (Å²) in [7, 11) is 1.79. The quantitative estimate of drug-likeness (QED) is 0.608. The summed E-state index contributed by atoms with van der Waals surface area (Å²) >= 11 is 1.18. The molecule has 2 heterocycles. The first-order valence-corrected chi connectivity index (χ1v) is 9.52. The van der Waals surface area contributed by atoms with E-state index >= 15 is 0 Å². The molecule has 1 atom stereocenters. The van der Waals surface area contributed by atoms with E-state index in [0.29, 0.717) is 24.2 Å². The van der Waals surface area contributed by atoms with Crippen LogP contribution in [0.3, 0.4) is 0 Å². The van der Waals surface area contributed by atoms with E-state index in [0.717, 1.165) is 22.3 Å². The molecule has 8 heteroatoms. The van der Waals surface area contributed by atoms with Gasteiger partial charge in [-0.05, 0) is 45.4 Å². The first-order chi connectivity index (χ1) is 12.8. The third-order valence-corrected chi connectivity index (χ3v) is 5.28. The molecule has 2 aromatic heterocycles. The Morgan fingerprint density at radius 3 is 2.59 bits per heavy atom. The molecule has 7 nitrogen and oxygen atoms in total. The molecule has 27 heavy (non-hydrogen) atoms. The van der Waals surface area contributed by atoms with Crippen LogP contribution in [-0.2, 0) is 11.3 Å². The van der Waals surface area contributed by atoms with Crippen LogP contribution < -0.4 is 0 Å². The maximum atomic E-state index is 12.7. The van der Waals surface area contributed by atoms with E-state index in [9.17, 15) is 9.59 Å². The Labute approximate surface area is 162 Å². The molecule has 0 bridgehead atoms. The van der Waals surface area contributed by atoms with Gasteiger partial charge in [0, 0.05) is 25.7 Å². The number of hydrogen-bond donors (Lipinski definition) is 0. The van der Waals surface area contributed by atoms with E-state index in [4.69, 9.17) is 0 Å². The Morgan fingerprint density at radius 2 is 1.93 bits per heavy atom. The van der Waals surface area contributed by atoms with Crippen LogP contribution in [0.5, 0.6) is 0 Å². The Hall–Kier alpha value is -2.61. The lowest BCUT2D eigenvalue weighted by atomic mass is 10.1. The molecule has 0 saturated carbocycles. The number of Topliss-reactive ketones (excluding diaryl/α,β-unsaturated/α-hetero) is 1. The number of nitrogens with zero attached hydrogens (tertiary/aromatic N) is 5. The fourth-order valence-electron chi connectivity index (χ4n) is 3.38. The highest BCUT2D eigenvalue weighted by molar-refractivity contribution is 7.00. The van der Waals surface area contributed by atoms with E-state index in [1.54, 1.807) is 23.6 Å². The molecule has 0 aliphatic carbocycles. The van der Waals surface area contributed by atoms with Gasteiger partial charge in [0.1, 0.15) is 11.0 Å². The fraction of sp³-hybridized carbons (Fsp3) is 0.421. The van der Waals surface area contributed by atoms with Crippen LogP contribution in [-0.4, -0.2) is 42.2 Å². The highest BCUT2D eigenvalue weighted by Crippen LogP contribution is 2.21. The molecule has 0 aliphatic rings. The number of ketones is 1. The predicted molar refractivity (Wildman–Crippen MR) is 105 cm³/mol. The van der Waals surface area contributed by atoms with Crippen molar-refractivity contribution in [3.8, 4) is 0 Å². The lowest BCUT2D eigenvalue weighted by Crippen LogP contribution is -2.28. The van der Waals surface area contributed by atoms with Crippen molar-refractivity contribution < 1.29 is 9.59 Å². The van der Waals surface area contributed by atoms with Crippen LogP contribution in [0.2, 0.25) is 0 Å². The van der Waals surface area contributed by atoms with Crippen molar-refractivity contribution in [3.05, 3.63) is 40.7 Å². The number of aromatic nitrogens is 4. The van der Waals surface area contributed by atoms with Gasteiger partial charge >= 0.3 is 0 Å². The van der Waals surface area contributed by atoms with E-state index in [-0.39, 0.29) is 17.7 Å². The summed E-state index contributed by atoms with van der Waals surface area (Å²) in [5, 5.41) is 4.47. The SMILES string of the molecule is CC(=O)c1c(C)nn(C(C)CC(=O)N(C)Cc2ccc3nsnc3c2)c1C. The number of amides is 1. The smallest absolute Gasteiger partial charge is 0.224 e. The molecule has 0 radical (unpaired) electrons. The predicted octanol–water partition coefficient (Wildman–Crippen LogP) is 3.32. The summed E-state index contributed by atoms with van der Waals surface area (Å²) in [4.78, 5) is 26.2. The minimum absolute atomic E-state index is 0.00110.